The van der Waals surface area contributed by atoms with Gasteiger partial charge in [-0.3, -0.25) is 4.79 Å². The molecule has 0 aliphatic carbocycles. The van der Waals surface area contributed by atoms with Gasteiger partial charge >= 0.3 is 0 Å². The first-order valence-corrected chi connectivity index (χ1v) is 10.4. The number of fused-ring (bicyclic) bond motifs is 1. The summed E-state index contributed by atoms with van der Waals surface area (Å²) in [6.45, 7) is 7.95. The maximum Gasteiger partial charge on any atom is 0.260 e. The largest absolute Gasteiger partial charge is 0.484 e. The molecule has 0 saturated carbocycles. The van der Waals surface area contributed by atoms with Crippen molar-refractivity contribution in [2.45, 2.75) is 45.2 Å². The number of halogens is 1. The van der Waals surface area contributed by atoms with Crippen LogP contribution in [0.4, 0.5) is 10.1 Å². The maximum absolute atomic E-state index is 13.8. The predicted molar refractivity (Wildman–Crippen MR) is 113 cm³/mol. The summed E-state index contributed by atoms with van der Waals surface area (Å²) >= 11 is 0. The van der Waals surface area contributed by atoms with Gasteiger partial charge in [0.2, 0.25) is 0 Å². The van der Waals surface area contributed by atoms with E-state index in [-0.39, 0.29) is 23.9 Å². The molecular formula is C24H29FN2O2. The molecule has 0 spiro atoms. The molecule has 2 atom stereocenters. The highest BCUT2D eigenvalue weighted by atomic mass is 19.1. The minimum absolute atomic E-state index is 0.0334. The van der Waals surface area contributed by atoms with Gasteiger partial charge in [-0.05, 0) is 69.9 Å². The molecule has 2 aliphatic rings. The fourth-order valence-electron chi connectivity index (χ4n) is 5.01. The Labute approximate surface area is 172 Å². The number of ether oxygens (including phenoxy) is 1. The summed E-state index contributed by atoms with van der Waals surface area (Å²) in [5.41, 5.74) is 2.03. The van der Waals surface area contributed by atoms with Gasteiger partial charge in [-0.25, -0.2) is 4.39 Å². The number of hydrogen-bond acceptors (Lipinski definition) is 3. The van der Waals surface area contributed by atoms with Gasteiger partial charge in [0, 0.05) is 30.4 Å². The van der Waals surface area contributed by atoms with Crippen LogP contribution < -0.4 is 9.64 Å². The van der Waals surface area contributed by atoms with Gasteiger partial charge in [-0.1, -0.05) is 23.8 Å². The molecule has 2 aromatic carbocycles. The van der Waals surface area contributed by atoms with E-state index in [0.717, 1.165) is 36.4 Å². The smallest absolute Gasteiger partial charge is 0.260 e. The lowest BCUT2D eigenvalue weighted by molar-refractivity contribution is -0.135. The third-order valence-corrected chi connectivity index (χ3v) is 6.26. The number of rotatable bonds is 4. The van der Waals surface area contributed by atoms with E-state index in [1.807, 2.05) is 42.2 Å². The summed E-state index contributed by atoms with van der Waals surface area (Å²) in [5, 5.41) is 0. The molecule has 2 heterocycles. The zero-order chi connectivity index (χ0) is 20.6. The van der Waals surface area contributed by atoms with Crippen molar-refractivity contribution in [3.05, 3.63) is 59.9 Å². The molecule has 0 unspecified atom stereocenters. The number of carbonyl (C=O) groups excluding carboxylic acids is 1. The SMILES string of the molecule is Cc1ccc(OCC(=O)N2CC[C@H]3[C@@H](C2)CC(C)(C)N3c2cccc(F)c2)cc1. The predicted octanol–water partition coefficient (Wildman–Crippen LogP) is 4.42. The topological polar surface area (TPSA) is 32.8 Å². The van der Waals surface area contributed by atoms with E-state index in [4.69, 9.17) is 4.74 Å². The van der Waals surface area contributed by atoms with E-state index < -0.39 is 0 Å². The zero-order valence-corrected chi connectivity index (χ0v) is 17.4. The summed E-state index contributed by atoms with van der Waals surface area (Å²) in [5.74, 6) is 0.928. The second-order valence-corrected chi connectivity index (χ2v) is 8.92. The number of nitrogens with zero attached hydrogens (tertiary/aromatic N) is 2. The van der Waals surface area contributed by atoms with Crippen LogP contribution in [0.25, 0.3) is 0 Å². The van der Waals surface area contributed by atoms with Crippen LogP contribution in [0.15, 0.2) is 48.5 Å². The van der Waals surface area contributed by atoms with E-state index in [0.29, 0.717) is 18.5 Å². The van der Waals surface area contributed by atoms with Crippen molar-refractivity contribution in [3.63, 3.8) is 0 Å². The number of benzene rings is 2. The molecule has 5 heteroatoms. The van der Waals surface area contributed by atoms with E-state index in [1.165, 1.54) is 6.07 Å². The average molecular weight is 397 g/mol. The summed E-state index contributed by atoms with van der Waals surface area (Å²) in [6.07, 6.45) is 1.87. The van der Waals surface area contributed by atoms with Crippen LogP contribution >= 0.6 is 0 Å². The van der Waals surface area contributed by atoms with Crippen LogP contribution in [-0.4, -0.2) is 42.1 Å². The van der Waals surface area contributed by atoms with Crippen LogP contribution in [0.5, 0.6) is 5.75 Å². The van der Waals surface area contributed by atoms with Crippen LogP contribution in [0.3, 0.4) is 0 Å². The third kappa shape index (κ3) is 4.09. The van der Waals surface area contributed by atoms with Gasteiger partial charge in [0.05, 0.1) is 0 Å². The number of anilines is 1. The molecule has 4 nitrogen and oxygen atoms in total. The summed E-state index contributed by atoms with van der Waals surface area (Å²) < 4.78 is 19.5. The first-order chi connectivity index (χ1) is 13.8. The van der Waals surface area contributed by atoms with Gasteiger partial charge in [0.25, 0.3) is 5.91 Å². The van der Waals surface area contributed by atoms with E-state index in [9.17, 15) is 9.18 Å². The highest BCUT2D eigenvalue weighted by molar-refractivity contribution is 5.78. The normalized spacial score (nSPS) is 23.0. The Morgan fingerprint density at radius 1 is 1.21 bits per heavy atom. The highest BCUT2D eigenvalue weighted by Crippen LogP contribution is 2.44. The highest BCUT2D eigenvalue weighted by Gasteiger charge is 2.48. The van der Waals surface area contributed by atoms with Crippen molar-refractivity contribution in [2.24, 2.45) is 5.92 Å². The van der Waals surface area contributed by atoms with Gasteiger partial charge in [0.15, 0.2) is 6.61 Å². The van der Waals surface area contributed by atoms with E-state index in [2.05, 4.69) is 18.7 Å². The minimum atomic E-state index is -0.206. The molecule has 2 fully saturated rings. The fourth-order valence-corrected chi connectivity index (χ4v) is 5.01. The lowest BCUT2D eigenvalue weighted by atomic mass is 9.90. The molecule has 154 valence electrons. The molecule has 2 saturated heterocycles. The monoisotopic (exact) mass is 396 g/mol. The number of likely N-dealkylation sites (tertiary alicyclic amines) is 1. The Morgan fingerprint density at radius 2 is 1.97 bits per heavy atom. The second kappa shape index (κ2) is 7.69. The first kappa shape index (κ1) is 19.7. The van der Waals surface area contributed by atoms with Crippen molar-refractivity contribution in [1.29, 1.82) is 0 Å². The molecule has 0 N–H and O–H groups in total. The number of hydrogen-bond donors (Lipinski definition) is 0. The Bertz CT molecular complexity index is 881. The van der Waals surface area contributed by atoms with Gasteiger partial charge in [0.1, 0.15) is 11.6 Å². The summed E-state index contributed by atoms with van der Waals surface area (Å²) in [6, 6.07) is 14.9. The second-order valence-electron chi connectivity index (χ2n) is 8.92. The van der Waals surface area contributed by atoms with Crippen molar-refractivity contribution < 1.29 is 13.9 Å². The average Bonchev–Trinajstić information content (AvgIpc) is 2.96. The summed E-state index contributed by atoms with van der Waals surface area (Å²) in [4.78, 5) is 17.0. The molecule has 2 aromatic rings. The molecule has 4 rings (SSSR count). The minimum Gasteiger partial charge on any atom is -0.484 e. The van der Waals surface area contributed by atoms with Crippen LogP contribution in [0.1, 0.15) is 32.3 Å². The van der Waals surface area contributed by atoms with Crippen LogP contribution in [0, 0.1) is 18.7 Å². The number of piperidine rings is 1. The molecular weight excluding hydrogens is 367 g/mol. The molecule has 0 aromatic heterocycles. The molecule has 1 amide bonds. The number of aryl methyl sites for hydroxylation is 1. The van der Waals surface area contributed by atoms with Crippen molar-refractivity contribution in [1.82, 2.24) is 4.90 Å². The number of carbonyl (C=O) groups is 1. The van der Waals surface area contributed by atoms with Gasteiger partial charge in [-0.2, -0.15) is 0 Å². The fraction of sp³-hybridized carbons (Fsp3) is 0.458. The quantitative estimate of drug-likeness (QED) is 0.767. The zero-order valence-electron chi connectivity index (χ0n) is 17.4. The van der Waals surface area contributed by atoms with E-state index in [1.54, 1.807) is 12.1 Å². The molecule has 2 aliphatic heterocycles. The standard InChI is InChI=1S/C24H29FN2O2/c1-17-7-9-21(10-8-17)29-16-23(28)26-12-11-22-18(15-26)14-24(2,3)27(22)20-6-4-5-19(25)13-20/h4-10,13,18,22H,11-12,14-16H2,1-3H3/t18-,22+/m1/s1. The molecule has 0 radical (unpaired) electrons. The molecule has 29 heavy (non-hydrogen) atoms. The Morgan fingerprint density at radius 3 is 2.69 bits per heavy atom. The van der Waals surface area contributed by atoms with E-state index >= 15 is 0 Å². The summed E-state index contributed by atoms with van der Waals surface area (Å²) in [7, 11) is 0. The van der Waals surface area contributed by atoms with Crippen LogP contribution in [-0.2, 0) is 4.79 Å². The van der Waals surface area contributed by atoms with Crippen molar-refractivity contribution in [2.75, 3.05) is 24.6 Å². The van der Waals surface area contributed by atoms with Crippen molar-refractivity contribution in [3.8, 4) is 5.75 Å². The van der Waals surface area contributed by atoms with Gasteiger partial charge in [-0.15, -0.1) is 0 Å². The third-order valence-electron chi connectivity index (χ3n) is 6.26. The Hall–Kier alpha value is -2.56. The Balaban J connectivity index is 1.41. The first-order valence-electron chi connectivity index (χ1n) is 10.4. The van der Waals surface area contributed by atoms with Crippen molar-refractivity contribution >= 4 is 11.6 Å². The van der Waals surface area contributed by atoms with Gasteiger partial charge < -0.3 is 14.5 Å². The molecule has 0 bridgehead atoms. The number of amides is 1. The maximum atomic E-state index is 13.8. The van der Waals surface area contributed by atoms with Crippen LogP contribution in [0.2, 0.25) is 0 Å². The lowest BCUT2D eigenvalue weighted by Crippen LogP contribution is -2.51. The Kier molecular flexibility index (Phi) is 5.24. The lowest BCUT2D eigenvalue weighted by Gasteiger charge is -2.41.